The largest absolute Gasteiger partial charge is 0.479 e. The average molecular weight is 216 g/mol. The molecule has 0 saturated heterocycles. The number of carbonyl (C=O) groups excluding carboxylic acids is 1. The van der Waals surface area contributed by atoms with Crippen LogP contribution in [0.3, 0.4) is 0 Å². The standard InChI is InChI=1S/C9H16N2O4/c10-6-3-1-2-5(6)8(13)11-4-7(12)9(14)15/h5-7,12H,1-4,10H2,(H,11,13)(H,14,15). The first-order valence-electron chi connectivity index (χ1n) is 4.96. The highest BCUT2D eigenvalue weighted by Crippen LogP contribution is 2.23. The molecular formula is C9H16N2O4. The summed E-state index contributed by atoms with van der Waals surface area (Å²) < 4.78 is 0. The molecule has 6 heteroatoms. The fourth-order valence-electron chi connectivity index (χ4n) is 1.73. The molecule has 0 spiro atoms. The van der Waals surface area contributed by atoms with E-state index in [2.05, 4.69) is 5.32 Å². The Labute approximate surface area is 87.5 Å². The minimum Gasteiger partial charge on any atom is -0.479 e. The molecule has 0 aromatic carbocycles. The second kappa shape index (κ2) is 5.09. The van der Waals surface area contributed by atoms with E-state index < -0.39 is 12.1 Å². The lowest BCUT2D eigenvalue weighted by Gasteiger charge is -2.15. The summed E-state index contributed by atoms with van der Waals surface area (Å²) in [5, 5.41) is 19.7. The Bertz CT molecular complexity index is 256. The third-order valence-electron chi connectivity index (χ3n) is 2.66. The summed E-state index contributed by atoms with van der Waals surface area (Å²) in [4.78, 5) is 21.8. The van der Waals surface area contributed by atoms with Crippen molar-refractivity contribution in [2.75, 3.05) is 6.54 Å². The van der Waals surface area contributed by atoms with E-state index in [-0.39, 0.29) is 24.4 Å². The number of aliphatic hydroxyl groups is 1. The van der Waals surface area contributed by atoms with Crippen LogP contribution in [0.4, 0.5) is 0 Å². The maximum atomic E-state index is 11.5. The van der Waals surface area contributed by atoms with Crippen molar-refractivity contribution in [3.63, 3.8) is 0 Å². The van der Waals surface area contributed by atoms with Crippen molar-refractivity contribution < 1.29 is 19.8 Å². The van der Waals surface area contributed by atoms with Crippen LogP contribution in [0.15, 0.2) is 0 Å². The van der Waals surface area contributed by atoms with E-state index in [0.29, 0.717) is 0 Å². The van der Waals surface area contributed by atoms with E-state index in [9.17, 15) is 9.59 Å². The molecule has 3 unspecified atom stereocenters. The normalized spacial score (nSPS) is 27.3. The zero-order valence-electron chi connectivity index (χ0n) is 8.35. The quantitative estimate of drug-likeness (QED) is 0.465. The number of carboxylic acid groups (broad SMARTS) is 1. The third-order valence-corrected chi connectivity index (χ3v) is 2.66. The highest BCUT2D eigenvalue weighted by molar-refractivity contribution is 5.80. The molecule has 1 amide bonds. The van der Waals surface area contributed by atoms with Gasteiger partial charge in [0.15, 0.2) is 6.10 Å². The number of aliphatic carboxylic acids is 1. The molecule has 1 fully saturated rings. The van der Waals surface area contributed by atoms with Crippen molar-refractivity contribution in [1.29, 1.82) is 0 Å². The number of nitrogens with one attached hydrogen (secondary N) is 1. The van der Waals surface area contributed by atoms with Gasteiger partial charge in [0, 0.05) is 6.04 Å². The Hall–Kier alpha value is -1.14. The monoisotopic (exact) mass is 216 g/mol. The zero-order chi connectivity index (χ0) is 11.4. The van der Waals surface area contributed by atoms with Crippen molar-refractivity contribution in [3.8, 4) is 0 Å². The second-order valence-electron chi connectivity index (χ2n) is 3.80. The molecule has 0 heterocycles. The molecule has 15 heavy (non-hydrogen) atoms. The van der Waals surface area contributed by atoms with Crippen molar-refractivity contribution in [2.45, 2.75) is 31.4 Å². The molecule has 1 rings (SSSR count). The van der Waals surface area contributed by atoms with Crippen LogP contribution in [0.5, 0.6) is 0 Å². The Morgan fingerprint density at radius 1 is 1.47 bits per heavy atom. The number of nitrogens with two attached hydrogens (primary N) is 1. The van der Waals surface area contributed by atoms with Gasteiger partial charge in [0.05, 0.1) is 12.5 Å². The fourth-order valence-corrected chi connectivity index (χ4v) is 1.73. The molecule has 0 aromatic rings. The van der Waals surface area contributed by atoms with Crippen molar-refractivity contribution in [3.05, 3.63) is 0 Å². The van der Waals surface area contributed by atoms with Crippen LogP contribution in [0.25, 0.3) is 0 Å². The number of rotatable bonds is 4. The second-order valence-corrected chi connectivity index (χ2v) is 3.80. The summed E-state index contributed by atoms with van der Waals surface area (Å²) in [6, 6.07) is -0.146. The van der Waals surface area contributed by atoms with Gasteiger partial charge in [-0.05, 0) is 12.8 Å². The summed E-state index contributed by atoms with van der Waals surface area (Å²) in [5.41, 5.74) is 5.71. The fraction of sp³-hybridized carbons (Fsp3) is 0.778. The molecule has 0 bridgehead atoms. The lowest BCUT2D eigenvalue weighted by atomic mass is 10.0. The predicted molar refractivity (Wildman–Crippen MR) is 52.0 cm³/mol. The van der Waals surface area contributed by atoms with Gasteiger partial charge < -0.3 is 21.3 Å². The number of hydrogen-bond donors (Lipinski definition) is 4. The molecule has 1 saturated carbocycles. The number of amides is 1. The Morgan fingerprint density at radius 2 is 2.13 bits per heavy atom. The van der Waals surface area contributed by atoms with Crippen LogP contribution in [0.2, 0.25) is 0 Å². The minimum absolute atomic E-state index is 0.146. The van der Waals surface area contributed by atoms with Crippen LogP contribution < -0.4 is 11.1 Å². The van der Waals surface area contributed by atoms with E-state index in [1.54, 1.807) is 0 Å². The number of aliphatic hydroxyl groups excluding tert-OH is 1. The maximum Gasteiger partial charge on any atom is 0.334 e. The number of hydrogen-bond acceptors (Lipinski definition) is 4. The van der Waals surface area contributed by atoms with Gasteiger partial charge in [0.1, 0.15) is 0 Å². The molecule has 1 aliphatic carbocycles. The van der Waals surface area contributed by atoms with Crippen LogP contribution >= 0.6 is 0 Å². The van der Waals surface area contributed by atoms with Crippen LogP contribution in [-0.2, 0) is 9.59 Å². The van der Waals surface area contributed by atoms with Gasteiger partial charge in [-0.15, -0.1) is 0 Å². The van der Waals surface area contributed by atoms with Gasteiger partial charge in [-0.3, -0.25) is 4.79 Å². The molecule has 86 valence electrons. The van der Waals surface area contributed by atoms with E-state index in [4.69, 9.17) is 15.9 Å². The SMILES string of the molecule is NC1CCCC1C(=O)NCC(O)C(=O)O. The van der Waals surface area contributed by atoms with Crippen LogP contribution in [0, 0.1) is 5.92 Å². The molecule has 0 aromatic heterocycles. The van der Waals surface area contributed by atoms with Gasteiger partial charge in [0.25, 0.3) is 0 Å². The zero-order valence-corrected chi connectivity index (χ0v) is 8.35. The maximum absolute atomic E-state index is 11.5. The molecule has 1 aliphatic rings. The summed E-state index contributed by atoms with van der Waals surface area (Å²) in [5.74, 6) is -1.85. The van der Waals surface area contributed by atoms with Gasteiger partial charge in [0.2, 0.25) is 5.91 Å². The van der Waals surface area contributed by atoms with Crippen LogP contribution in [-0.4, -0.2) is 40.8 Å². The van der Waals surface area contributed by atoms with Gasteiger partial charge in [-0.25, -0.2) is 4.79 Å². The first-order valence-corrected chi connectivity index (χ1v) is 4.96. The first kappa shape index (κ1) is 11.9. The van der Waals surface area contributed by atoms with Crippen molar-refractivity contribution in [2.24, 2.45) is 11.7 Å². The molecule has 6 nitrogen and oxygen atoms in total. The van der Waals surface area contributed by atoms with E-state index >= 15 is 0 Å². The summed E-state index contributed by atoms with van der Waals surface area (Å²) in [7, 11) is 0. The number of carboxylic acids is 1. The topological polar surface area (TPSA) is 113 Å². The van der Waals surface area contributed by atoms with Crippen molar-refractivity contribution >= 4 is 11.9 Å². The highest BCUT2D eigenvalue weighted by atomic mass is 16.4. The minimum atomic E-state index is -1.55. The molecular weight excluding hydrogens is 200 g/mol. The van der Waals surface area contributed by atoms with E-state index in [1.807, 2.05) is 0 Å². The van der Waals surface area contributed by atoms with E-state index in [1.165, 1.54) is 0 Å². The predicted octanol–water partition coefficient (Wildman–Crippen LogP) is -1.32. The van der Waals surface area contributed by atoms with Crippen molar-refractivity contribution in [1.82, 2.24) is 5.32 Å². The van der Waals surface area contributed by atoms with Gasteiger partial charge in [-0.1, -0.05) is 6.42 Å². The summed E-state index contributed by atoms with van der Waals surface area (Å²) in [6.07, 6.45) is 0.919. The summed E-state index contributed by atoms with van der Waals surface area (Å²) >= 11 is 0. The Kier molecular flexibility index (Phi) is 4.05. The Morgan fingerprint density at radius 3 is 2.60 bits per heavy atom. The van der Waals surface area contributed by atoms with Gasteiger partial charge >= 0.3 is 5.97 Å². The van der Waals surface area contributed by atoms with Crippen LogP contribution in [0.1, 0.15) is 19.3 Å². The lowest BCUT2D eigenvalue weighted by molar-refractivity contribution is -0.146. The molecule has 3 atom stereocenters. The van der Waals surface area contributed by atoms with Gasteiger partial charge in [-0.2, -0.15) is 0 Å². The summed E-state index contributed by atoms with van der Waals surface area (Å²) in [6.45, 7) is -0.266. The third kappa shape index (κ3) is 3.17. The molecule has 5 N–H and O–H groups in total. The first-order chi connectivity index (χ1) is 7.02. The Balaban J connectivity index is 2.32. The average Bonchev–Trinajstić information content (AvgIpc) is 2.60. The molecule has 0 radical (unpaired) electrons. The molecule has 0 aliphatic heterocycles. The van der Waals surface area contributed by atoms with E-state index in [0.717, 1.165) is 19.3 Å². The smallest absolute Gasteiger partial charge is 0.334 e. The number of carbonyl (C=O) groups is 2. The highest BCUT2D eigenvalue weighted by Gasteiger charge is 2.30. The lowest BCUT2D eigenvalue weighted by Crippen LogP contribution is -2.43.